The standard InChI is InChI=1S/C20H23FN2.C2H2O4/c1-23(2)13-7-9-16-14-15-8-3-4-10-17(15)20(22-16)18-11-5-6-12-19(18)21;3-1(4)2(5)6/h3-6,8,10-12,16H,7,9,13-14H2,1-2H3;(H,3,4)(H,5,6). The minimum atomic E-state index is -1.82. The molecule has 29 heavy (non-hydrogen) atoms. The van der Waals surface area contributed by atoms with Crippen molar-refractivity contribution in [2.45, 2.75) is 25.3 Å². The van der Waals surface area contributed by atoms with E-state index in [1.165, 1.54) is 11.6 Å². The van der Waals surface area contributed by atoms with Gasteiger partial charge < -0.3 is 15.1 Å². The maximum atomic E-state index is 14.3. The van der Waals surface area contributed by atoms with Gasteiger partial charge in [-0.3, -0.25) is 4.99 Å². The quantitative estimate of drug-likeness (QED) is 0.753. The highest BCUT2D eigenvalue weighted by Crippen LogP contribution is 2.26. The highest BCUT2D eigenvalue weighted by molar-refractivity contribution is 6.27. The number of benzene rings is 2. The van der Waals surface area contributed by atoms with E-state index < -0.39 is 11.9 Å². The smallest absolute Gasteiger partial charge is 0.414 e. The molecule has 0 saturated carbocycles. The molecule has 0 bridgehead atoms. The minimum Gasteiger partial charge on any atom is -0.473 e. The van der Waals surface area contributed by atoms with Crippen molar-refractivity contribution in [3.63, 3.8) is 0 Å². The molecule has 0 aromatic heterocycles. The number of aliphatic carboxylic acids is 2. The minimum absolute atomic E-state index is 0.199. The molecular formula is C22H25FN2O4. The molecule has 1 aliphatic heterocycles. The second-order valence-electron chi connectivity index (χ2n) is 7.03. The van der Waals surface area contributed by atoms with Gasteiger partial charge in [0.15, 0.2) is 0 Å². The van der Waals surface area contributed by atoms with E-state index in [1.807, 2.05) is 18.2 Å². The van der Waals surface area contributed by atoms with Crippen molar-refractivity contribution in [2.24, 2.45) is 4.99 Å². The van der Waals surface area contributed by atoms with Gasteiger partial charge in [-0.1, -0.05) is 36.4 Å². The SMILES string of the molecule is CN(C)CCCC1Cc2ccccc2C(c2ccccc2F)=N1.O=C(O)C(=O)O. The van der Waals surface area contributed by atoms with Gasteiger partial charge in [0.1, 0.15) is 5.82 Å². The number of halogens is 1. The summed E-state index contributed by atoms with van der Waals surface area (Å²) in [4.78, 5) is 25.3. The van der Waals surface area contributed by atoms with Crippen LogP contribution in [0.5, 0.6) is 0 Å². The first-order chi connectivity index (χ1) is 13.8. The molecule has 0 fully saturated rings. The third-order valence-electron chi connectivity index (χ3n) is 4.49. The van der Waals surface area contributed by atoms with Crippen LogP contribution in [0.4, 0.5) is 4.39 Å². The predicted octanol–water partition coefficient (Wildman–Crippen LogP) is 3.09. The van der Waals surface area contributed by atoms with Gasteiger partial charge in [0.05, 0.1) is 11.8 Å². The largest absolute Gasteiger partial charge is 0.473 e. The van der Waals surface area contributed by atoms with Crippen molar-refractivity contribution >= 4 is 17.7 Å². The van der Waals surface area contributed by atoms with E-state index in [9.17, 15) is 4.39 Å². The molecule has 2 N–H and O–H groups in total. The zero-order chi connectivity index (χ0) is 21.4. The molecule has 2 aromatic rings. The molecule has 154 valence electrons. The van der Waals surface area contributed by atoms with Crippen molar-refractivity contribution in [2.75, 3.05) is 20.6 Å². The van der Waals surface area contributed by atoms with Crippen molar-refractivity contribution in [3.05, 3.63) is 71.0 Å². The molecule has 1 unspecified atom stereocenters. The first-order valence-electron chi connectivity index (χ1n) is 9.31. The fourth-order valence-corrected chi connectivity index (χ4v) is 3.16. The molecule has 0 amide bonds. The number of rotatable bonds is 5. The summed E-state index contributed by atoms with van der Waals surface area (Å²) >= 11 is 0. The fourth-order valence-electron chi connectivity index (χ4n) is 3.16. The normalized spacial score (nSPS) is 15.0. The van der Waals surface area contributed by atoms with Crippen molar-refractivity contribution in [1.29, 1.82) is 0 Å². The van der Waals surface area contributed by atoms with Gasteiger partial charge in [-0.05, 0) is 57.6 Å². The van der Waals surface area contributed by atoms with Crippen LogP contribution in [0.15, 0.2) is 53.5 Å². The molecule has 0 radical (unpaired) electrons. The Labute approximate surface area is 169 Å². The molecule has 1 heterocycles. The number of carbonyl (C=O) groups is 2. The van der Waals surface area contributed by atoms with E-state index >= 15 is 0 Å². The first kappa shape index (κ1) is 22.2. The van der Waals surface area contributed by atoms with Gasteiger partial charge >= 0.3 is 11.9 Å². The highest BCUT2D eigenvalue weighted by Gasteiger charge is 2.23. The molecule has 6 nitrogen and oxygen atoms in total. The van der Waals surface area contributed by atoms with Crippen LogP contribution in [0.3, 0.4) is 0 Å². The second kappa shape index (κ2) is 10.5. The van der Waals surface area contributed by atoms with Crippen LogP contribution < -0.4 is 0 Å². The number of aliphatic imine (C=N–C) groups is 1. The highest BCUT2D eigenvalue weighted by atomic mass is 19.1. The molecule has 0 aliphatic carbocycles. The molecule has 3 rings (SSSR count). The topological polar surface area (TPSA) is 90.2 Å². The van der Waals surface area contributed by atoms with E-state index in [-0.39, 0.29) is 11.9 Å². The van der Waals surface area contributed by atoms with Gasteiger partial charge in [0.25, 0.3) is 0 Å². The Morgan fingerprint density at radius 2 is 1.62 bits per heavy atom. The van der Waals surface area contributed by atoms with Crippen molar-refractivity contribution in [3.8, 4) is 0 Å². The zero-order valence-corrected chi connectivity index (χ0v) is 16.5. The average molecular weight is 400 g/mol. The van der Waals surface area contributed by atoms with Gasteiger partial charge in [-0.25, -0.2) is 14.0 Å². The molecule has 2 aromatic carbocycles. The number of carboxylic acid groups (broad SMARTS) is 2. The lowest BCUT2D eigenvalue weighted by Crippen LogP contribution is -2.24. The number of hydrogen-bond donors (Lipinski definition) is 2. The lowest BCUT2D eigenvalue weighted by atomic mass is 9.89. The van der Waals surface area contributed by atoms with Gasteiger partial charge in [-0.15, -0.1) is 0 Å². The second-order valence-corrected chi connectivity index (χ2v) is 7.03. The third-order valence-corrected chi connectivity index (χ3v) is 4.49. The number of fused-ring (bicyclic) bond motifs is 1. The summed E-state index contributed by atoms with van der Waals surface area (Å²) in [6.07, 6.45) is 3.08. The van der Waals surface area contributed by atoms with Gasteiger partial charge in [-0.2, -0.15) is 0 Å². The lowest BCUT2D eigenvalue weighted by molar-refractivity contribution is -0.159. The number of carboxylic acids is 2. The van der Waals surface area contributed by atoms with Gasteiger partial charge in [0, 0.05) is 11.1 Å². The zero-order valence-electron chi connectivity index (χ0n) is 16.5. The molecule has 7 heteroatoms. The van der Waals surface area contributed by atoms with Crippen LogP contribution in [0.2, 0.25) is 0 Å². The molecule has 0 spiro atoms. The summed E-state index contributed by atoms with van der Waals surface area (Å²) in [5, 5.41) is 14.8. The Hall–Kier alpha value is -3.06. The fraction of sp³-hybridized carbons (Fsp3) is 0.318. The van der Waals surface area contributed by atoms with Crippen LogP contribution in [0.25, 0.3) is 0 Å². The Morgan fingerprint density at radius 3 is 2.21 bits per heavy atom. The van der Waals surface area contributed by atoms with Crippen LogP contribution in [0.1, 0.15) is 29.5 Å². The van der Waals surface area contributed by atoms with E-state index in [0.717, 1.165) is 37.1 Å². The van der Waals surface area contributed by atoms with Crippen LogP contribution in [-0.4, -0.2) is 59.4 Å². The molecule has 1 atom stereocenters. The summed E-state index contributed by atoms with van der Waals surface area (Å²) in [6, 6.07) is 15.4. The monoisotopic (exact) mass is 400 g/mol. The molecule has 0 saturated heterocycles. The van der Waals surface area contributed by atoms with Crippen molar-refractivity contribution < 1.29 is 24.2 Å². The average Bonchev–Trinajstić information content (AvgIpc) is 2.68. The van der Waals surface area contributed by atoms with Crippen LogP contribution >= 0.6 is 0 Å². The van der Waals surface area contributed by atoms with E-state index in [1.54, 1.807) is 6.07 Å². The summed E-state index contributed by atoms with van der Waals surface area (Å²) in [6.45, 7) is 1.06. The van der Waals surface area contributed by atoms with Crippen molar-refractivity contribution in [1.82, 2.24) is 4.90 Å². The van der Waals surface area contributed by atoms with E-state index in [0.29, 0.717) is 5.56 Å². The van der Waals surface area contributed by atoms with Crippen LogP contribution in [0, 0.1) is 5.82 Å². The summed E-state index contributed by atoms with van der Waals surface area (Å²) < 4.78 is 14.3. The number of nitrogens with zero attached hydrogens (tertiary/aromatic N) is 2. The Morgan fingerprint density at radius 1 is 1.03 bits per heavy atom. The third kappa shape index (κ3) is 6.50. The Bertz CT molecular complexity index is 884. The Kier molecular flexibility index (Phi) is 8.03. The summed E-state index contributed by atoms with van der Waals surface area (Å²) in [7, 11) is 4.18. The maximum absolute atomic E-state index is 14.3. The van der Waals surface area contributed by atoms with Crippen LogP contribution in [-0.2, 0) is 16.0 Å². The Balaban J connectivity index is 0.000000438. The number of hydrogen-bond acceptors (Lipinski definition) is 4. The lowest BCUT2D eigenvalue weighted by Gasteiger charge is -2.24. The maximum Gasteiger partial charge on any atom is 0.414 e. The predicted molar refractivity (Wildman–Crippen MR) is 109 cm³/mol. The summed E-state index contributed by atoms with van der Waals surface area (Å²) in [5.74, 6) is -3.85. The molecular weight excluding hydrogens is 375 g/mol. The molecule has 1 aliphatic rings. The van der Waals surface area contributed by atoms with Gasteiger partial charge in [0.2, 0.25) is 0 Å². The van der Waals surface area contributed by atoms with E-state index in [2.05, 4.69) is 37.2 Å². The first-order valence-corrected chi connectivity index (χ1v) is 9.31. The summed E-state index contributed by atoms with van der Waals surface area (Å²) in [5.41, 5.74) is 3.76. The van der Waals surface area contributed by atoms with E-state index in [4.69, 9.17) is 24.8 Å².